The molecule has 8 heteroatoms. The van der Waals surface area contributed by atoms with Gasteiger partial charge in [0.1, 0.15) is 12.6 Å². The van der Waals surface area contributed by atoms with Gasteiger partial charge in [0, 0.05) is 12.8 Å². The van der Waals surface area contributed by atoms with E-state index >= 15 is 0 Å². The summed E-state index contributed by atoms with van der Waals surface area (Å²) in [6, 6.07) is -0.742. The van der Waals surface area contributed by atoms with Crippen LogP contribution in [0.5, 0.6) is 0 Å². The zero-order chi connectivity index (χ0) is 31.5. The lowest BCUT2D eigenvalue weighted by Gasteiger charge is -2.34. The van der Waals surface area contributed by atoms with Crippen molar-refractivity contribution in [2.24, 2.45) is 0 Å². The number of allylic oxidation sites excluding steroid dienone is 9. The molecule has 0 aliphatic carbocycles. The maximum Gasteiger partial charge on any atom is 0.310 e. The number of carbonyl (C=O) groups is 3. The Hall–Kier alpha value is -2.97. The standard InChI is InChI=1S/C34H55NO7/c1-6-8-10-12-14-16-18-20-22-24-32(36)41-29-30(28-40-27-26-31(34(38)39)35(3,4)5)42-33(37)25-23-21-19-17-15-13-11-9-7-2/h8-11,14-17,21,23,30-31H,6-7,12-13,18-20,22,24-29H2,1-5H3/b10-8+,11-9+,16-14+,17-15+,23-21+. The maximum absolute atomic E-state index is 12.4. The molecule has 0 amide bonds. The lowest BCUT2D eigenvalue weighted by atomic mass is 10.1. The van der Waals surface area contributed by atoms with Crippen molar-refractivity contribution in [2.75, 3.05) is 41.0 Å². The number of carboxylic acid groups (broad SMARTS) is 1. The third-order valence-electron chi connectivity index (χ3n) is 6.18. The van der Waals surface area contributed by atoms with E-state index in [2.05, 4.69) is 56.4 Å². The largest absolute Gasteiger partial charge is 0.544 e. The summed E-state index contributed by atoms with van der Waals surface area (Å²) in [5.74, 6) is -1.95. The third-order valence-corrected chi connectivity index (χ3v) is 6.18. The van der Waals surface area contributed by atoms with Gasteiger partial charge in [0.05, 0.1) is 46.7 Å². The Kier molecular flexibility index (Phi) is 23.9. The number of hydrogen-bond donors (Lipinski definition) is 0. The van der Waals surface area contributed by atoms with Gasteiger partial charge < -0.3 is 28.6 Å². The molecule has 0 saturated heterocycles. The first-order chi connectivity index (χ1) is 20.1. The minimum absolute atomic E-state index is 0.00900. The average molecular weight is 590 g/mol. The Bertz CT molecular complexity index is 881. The Morgan fingerprint density at radius 2 is 1.31 bits per heavy atom. The van der Waals surface area contributed by atoms with E-state index in [-0.39, 0.29) is 49.5 Å². The monoisotopic (exact) mass is 589 g/mol. The van der Waals surface area contributed by atoms with Gasteiger partial charge >= 0.3 is 11.9 Å². The Balaban J connectivity index is 4.71. The minimum atomic E-state index is -1.15. The molecule has 0 spiro atoms. The third kappa shape index (κ3) is 23.7. The number of carbonyl (C=O) groups excluding carboxylic acids is 3. The molecule has 0 N–H and O–H groups in total. The number of aliphatic carboxylic acids is 1. The zero-order valence-electron chi connectivity index (χ0n) is 26.6. The van der Waals surface area contributed by atoms with E-state index < -0.39 is 24.1 Å². The first-order valence-electron chi connectivity index (χ1n) is 15.3. The van der Waals surface area contributed by atoms with E-state index in [9.17, 15) is 19.5 Å². The van der Waals surface area contributed by atoms with Crippen LogP contribution in [0.4, 0.5) is 0 Å². The summed E-state index contributed by atoms with van der Waals surface area (Å²) < 4.78 is 16.8. The van der Waals surface area contributed by atoms with Crippen LogP contribution in [0, 0.1) is 0 Å². The topological polar surface area (TPSA) is 102 Å². The van der Waals surface area contributed by atoms with Gasteiger partial charge in [-0.25, -0.2) is 0 Å². The van der Waals surface area contributed by atoms with Crippen LogP contribution in [-0.4, -0.2) is 75.5 Å². The molecule has 2 unspecified atom stereocenters. The van der Waals surface area contributed by atoms with Crippen LogP contribution in [0.25, 0.3) is 0 Å². The predicted molar refractivity (Wildman–Crippen MR) is 166 cm³/mol. The quantitative estimate of drug-likeness (QED) is 0.0609. The Labute approximate surface area is 254 Å². The van der Waals surface area contributed by atoms with E-state index in [1.54, 1.807) is 27.2 Å². The van der Waals surface area contributed by atoms with Gasteiger partial charge in [-0.2, -0.15) is 0 Å². The second kappa shape index (κ2) is 25.7. The van der Waals surface area contributed by atoms with Crippen LogP contribution in [0.1, 0.15) is 84.5 Å². The molecule has 0 radical (unpaired) electrons. The van der Waals surface area contributed by atoms with Gasteiger partial charge in [-0.05, 0) is 51.4 Å². The van der Waals surface area contributed by atoms with Crippen molar-refractivity contribution >= 4 is 17.9 Å². The molecule has 0 aromatic rings. The fourth-order valence-electron chi connectivity index (χ4n) is 3.81. The molecule has 0 fully saturated rings. The minimum Gasteiger partial charge on any atom is -0.544 e. The van der Waals surface area contributed by atoms with Crippen molar-refractivity contribution in [3.8, 4) is 0 Å². The van der Waals surface area contributed by atoms with Crippen LogP contribution in [0.3, 0.4) is 0 Å². The lowest BCUT2D eigenvalue weighted by Crippen LogP contribution is -2.55. The predicted octanol–water partition coefficient (Wildman–Crippen LogP) is 5.39. The molecule has 238 valence electrons. The molecular weight excluding hydrogens is 534 g/mol. The SMILES string of the molecule is CC/C=C/C/C=C/C/C=C/CC(=O)OC(COCCC(C(=O)[O-])[N+](C)(C)C)COC(=O)CCCC/C=C/C/C=C/CC. The highest BCUT2D eigenvalue weighted by Gasteiger charge is 2.25. The Morgan fingerprint density at radius 3 is 1.88 bits per heavy atom. The highest BCUT2D eigenvalue weighted by atomic mass is 16.6. The molecule has 0 aliphatic rings. The van der Waals surface area contributed by atoms with E-state index in [1.165, 1.54) is 0 Å². The van der Waals surface area contributed by atoms with Crippen molar-refractivity contribution in [2.45, 2.75) is 96.6 Å². The molecule has 0 aromatic carbocycles. The van der Waals surface area contributed by atoms with Gasteiger partial charge in [-0.15, -0.1) is 0 Å². The molecule has 2 atom stereocenters. The van der Waals surface area contributed by atoms with Gasteiger partial charge in [-0.1, -0.05) is 74.6 Å². The number of rotatable bonds is 25. The van der Waals surface area contributed by atoms with Crippen molar-refractivity contribution in [3.05, 3.63) is 60.8 Å². The Morgan fingerprint density at radius 1 is 0.738 bits per heavy atom. The van der Waals surface area contributed by atoms with E-state index in [4.69, 9.17) is 14.2 Å². The highest BCUT2D eigenvalue weighted by molar-refractivity contribution is 5.71. The maximum atomic E-state index is 12.4. The second-order valence-corrected chi connectivity index (χ2v) is 10.9. The zero-order valence-corrected chi connectivity index (χ0v) is 26.6. The normalized spacial score (nSPS) is 14.0. The van der Waals surface area contributed by atoms with Crippen molar-refractivity contribution < 1.29 is 38.2 Å². The number of nitrogens with zero attached hydrogens (tertiary/aromatic N) is 1. The lowest BCUT2D eigenvalue weighted by molar-refractivity contribution is -0.889. The second-order valence-electron chi connectivity index (χ2n) is 10.9. The molecule has 0 bridgehead atoms. The van der Waals surface area contributed by atoms with Crippen molar-refractivity contribution in [3.63, 3.8) is 0 Å². The first-order valence-corrected chi connectivity index (χ1v) is 15.3. The number of quaternary nitrogens is 1. The van der Waals surface area contributed by atoms with Gasteiger partial charge in [0.2, 0.25) is 0 Å². The van der Waals surface area contributed by atoms with E-state index in [0.717, 1.165) is 44.9 Å². The molecule has 0 heterocycles. The van der Waals surface area contributed by atoms with Gasteiger partial charge in [0.15, 0.2) is 6.10 Å². The number of carboxylic acids is 1. The van der Waals surface area contributed by atoms with Crippen LogP contribution in [-0.2, 0) is 28.6 Å². The fraction of sp³-hybridized carbons (Fsp3) is 0.618. The summed E-state index contributed by atoms with van der Waals surface area (Å²) in [7, 11) is 5.33. The number of likely N-dealkylation sites (N-methyl/N-ethyl adjacent to an activating group) is 1. The molecule has 0 saturated carbocycles. The molecule has 42 heavy (non-hydrogen) atoms. The smallest absolute Gasteiger partial charge is 0.310 e. The number of ether oxygens (including phenoxy) is 3. The van der Waals surface area contributed by atoms with Crippen molar-refractivity contribution in [1.29, 1.82) is 0 Å². The molecule has 0 aliphatic heterocycles. The van der Waals surface area contributed by atoms with Crippen LogP contribution in [0.2, 0.25) is 0 Å². The number of unbranched alkanes of at least 4 members (excludes halogenated alkanes) is 2. The number of hydrogen-bond acceptors (Lipinski definition) is 7. The summed E-state index contributed by atoms with van der Waals surface area (Å²) in [4.78, 5) is 36.2. The summed E-state index contributed by atoms with van der Waals surface area (Å²) in [5.41, 5.74) is 0. The fourth-order valence-corrected chi connectivity index (χ4v) is 3.81. The van der Waals surface area contributed by atoms with E-state index in [1.807, 2.05) is 12.2 Å². The van der Waals surface area contributed by atoms with E-state index in [0.29, 0.717) is 6.42 Å². The average Bonchev–Trinajstić information content (AvgIpc) is 2.92. The van der Waals surface area contributed by atoms with Crippen LogP contribution in [0.15, 0.2) is 60.8 Å². The number of esters is 2. The van der Waals surface area contributed by atoms with Crippen LogP contribution < -0.4 is 5.11 Å². The summed E-state index contributed by atoms with van der Waals surface area (Å²) in [6.45, 7) is 4.21. The summed E-state index contributed by atoms with van der Waals surface area (Å²) in [6.07, 6.45) is 27.4. The molecule has 0 rings (SSSR count). The van der Waals surface area contributed by atoms with Gasteiger partial charge in [-0.3, -0.25) is 9.59 Å². The molecule has 0 aromatic heterocycles. The molecular formula is C34H55NO7. The summed E-state index contributed by atoms with van der Waals surface area (Å²) in [5, 5.41) is 11.5. The first kappa shape index (κ1) is 39.0. The summed E-state index contributed by atoms with van der Waals surface area (Å²) >= 11 is 0. The molecule has 8 nitrogen and oxygen atoms in total. The van der Waals surface area contributed by atoms with Crippen LogP contribution >= 0.6 is 0 Å². The van der Waals surface area contributed by atoms with Gasteiger partial charge in [0.25, 0.3) is 0 Å². The van der Waals surface area contributed by atoms with Crippen molar-refractivity contribution in [1.82, 2.24) is 0 Å². The highest BCUT2D eigenvalue weighted by Crippen LogP contribution is 2.09.